The van der Waals surface area contributed by atoms with E-state index in [1.165, 1.54) is 6.33 Å². The van der Waals surface area contributed by atoms with E-state index in [2.05, 4.69) is 49.9 Å². The maximum absolute atomic E-state index is 6.36. The Morgan fingerprint density at radius 3 is 1.97 bits per heavy atom. The fourth-order valence-electron chi connectivity index (χ4n) is 2.97. The van der Waals surface area contributed by atoms with E-state index in [1.807, 2.05) is 36.4 Å². The molecule has 0 fully saturated rings. The molecule has 6 nitrogen and oxygen atoms in total. The van der Waals surface area contributed by atoms with Gasteiger partial charge in [0.25, 0.3) is 0 Å². The smallest absolute Gasteiger partial charge is 0.160 e. The second-order valence-corrected chi connectivity index (χ2v) is 6.81. The molecule has 0 saturated heterocycles. The van der Waals surface area contributed by atoms with Gasteiger partial charge in [-0.15, -0.1) is 0 Å². The van der Waals surface area contributed by atoms with Crippen LogP contribution >= 0.6 is 11.6 Å². The van der Waals surface area contributed by atoms with Gasteiger partial charge in [-0.05, 0) is 23.3 Å². The van der Waals surface area contributed by atoms with Crippen molar-refractivity contribution in [2.75, 3.05) is 16.4 Å². The summed E-state index contributed by atoms with van der Waals surface area (Å²) in [5, 5.41) is 7.12. The van der Waals surface area contributed by atoms with Crippen molar-refractivity contribution in [3.63, 3.8) is 0 Å². The van der Waals surface area contributed by atoms with Crippen LogP contribution in [-0.4, -0.2) is 15.0 Å². The zero-order valence-corrected chi connectivity index (χ0v) is 16.2. The van der Waals surface area contributed by atoms with Gasteiger partial charge < -0.3 is 16.4 Å². The summed E-state index contributed by atoms with van der Waals surface area (Å²) in [5.74, 6) is 1.60. The van der Waals surface area contributed by atoms with Crippen LogP contribution < -0.4 is 16.4 Å². The molecule has 0 unspecified atom stereocenters. The highest BCUT2D eigenvalue weighted by atomic mass is 35.5. The summed E-state index contributed by atoms with van der Waals surface area (Å²) in [4.78, 5) is 12.8. The third-order valence-corrected chi connectivity index (χ3v) is 4.63. The Morgan fingerprint density at radius 1 is 0.759 bits per heavy atom. The van der Waals surface area contributed by atoms with Gasteiger partial charge in [0.2, 0.25) is 0 Å². The number of nitrogens with zero attached hydrogens (tertiary/aromatic N) is 3. The summed E-state index contributed by atoms with van der Waals surface area (Å²) in [6.07, 6.45) is 3.02. The van der Waals surface area contributed by atoms with Crippen LogP contribution in [0.5, 0.6) is 0 Å². The molecule has 4 aromatic rings. The average molecular weight is 403 g/mol. The number of halogens is 1. The van der Waals surface area contributed by atoms with E-state index in [0.717, 1.165) is 11.1 Å². The van der Waals surface area contributed by atoms with E-state index >= 15 is 0 Å². The van der Waals surface area contributed by atoms with E-state index in [9.17, 15) is 0 Å². The van der Waals surface area contributed by atoms with Gasteiger partial charge in [0.15, 0.2) is 11.6 Å². The zero-order valence-electron chi connectivity index (χ0n) is 15.5. The molecule has 29 heavy (non-hydrogen) atoms. The standard InChI is InChI=1S/C22H19ClN6/c23-17-11-12-18(25-13-17)28-21-19(24)22(27-14-26-21)29-20(15-7-3-1-4-8-15)16-9-5-2-6-10-16/h1-14,20H,24H2,(H2,25,26,27,28,29). The molecule has 0 saturated carbocycles. The van der Waals surface area contributed by atoms with Crippen LogP contribution in [0.3, 0.4) is 0 Å². The summed E-state index contributed by atoms with van der Waals surface area (Å²) < 4.78 is 0. The van der Waals surface area contributed by atoms with Gasteiger partial charge >= 0.3 is 0 Å². The number of pyridine rings is 1. The maximum atomic E-state index is 6.36. The summed E-state index contributed by atoms with van der Waals surface area (Å²) in [6.45, 7) is 0. The highest BCUT2D eigenvalue weighted by molar-refractivity contribution is 6.30. The summed E-state index contributed by atoms with van der Waals surface area (Å²) in [7, 11) is 0. The Kier molecular flexibility index (Phi) is 5.54. The number of hydrogen-bond acceptors (Lipinski definition) is 6. The Morgan fingerprint density at radius 2 is 1.38 bits per heavy atom. The first-order valence-electron chi connectivity index (χ1n) is 9.06. The third-order valence-electron chi connectivity index (χ3n) is 4.40. The third kappa shape index (κ3) is 4.44. The van der Waals surface area contributed by atoms with Crippen LogP contribution in [0.2, 0.25) is 5.02 Å². The van der Waals surface area contributed by atoms with E-state index in [4.69, 9.17) is 17.3 Å². The van der Waals surface area contributed by atoms with Gasteiger partial charge in [-0.2, -0.15) is 0 Å². The molecule has 0 radical (unpaired) electrons. The van der Waals surface area contributed by atoms with Crippen molar-refractivity contribution in [2.45, 2.75) is 6.04 Å². The minimum Gasteiger partial charge on any atom is -0.393 e. The van der Waals surface area contributed by atoms with Gasteiger partial charge in [-0.1, -0.05) is 72.3 Å². The van der Waals surface area contributed by atoms with Crippen LogP contribution in [0.4, 0.5) is 23.1 Å². The minimum absolute atomic E-state index is 0.115. The second kappa shape index (κ2) is 8.58. The lowest BCUT2D eigenvalue weighted by Crippen LogP contribution is -2.15. The lowest BCUT2D eigenvalue weighted by Gasteiger charge is -2.22. The highest BCUT2D eigenvalue weighted by Crippen LogP contribution is 2.31. The first-order chi connectivity index (χ1) is 14.2. The molecule has 0 aliphatic heterocycles. The first kappa shape index (κ1) is 18.7. The van der Waals surface area contributed by atoms with Crippen molar-refractivity contribution in [3.05, 3.63) is 101 Å². The topological polar surface area (TPSA) is 88.8 Å². The van der Waals surface area contributed by atoms with Crippen LogP contribution in [0.1, 0.15) is 17.2 Å². The Hall–Kier alpha value is -3.64. The molecule has 0 amide bonds. The first-order valence-corrected chi connectivity index (χ1v) is 9.44. The van der Waals surface area contributed by atoms with Gasteiger partial charge in [-0.3, -0.25) is 0 Å². The van der Waals surface area contributed by atoms with Gasteiger partial charge in [0.05, 0.1) is 11.1 Å². The second-order valence-electron chi connectivity index (χ2n) is 6.37. The molecule has 2 aromatic heterocycles. The molecule has 144 valence electrons. The van der Waals surface area contributed by atoms with Crippen LogP contribution in [0.25, 0.3) is 0 Å². The predicted molar refractivity (Wildman–Crippen MR) is 117 cm³/mol. The van der Waals surface area contributed by atoms with Gasteiger partial charge in [-0.25, -0.2) is 15.0 Å². The predicted octanol–water partition coefficient (Wildman–Crippen LogP) is 5.05. The Bertz CT molecular complexity index is 1030. The van der Waals surface area contributed by atoms with Crippen LogP contribution in [-0.2, 0) is 0 Å². The number of benzene rings is 2. The monoisotopic (exact) mass is 402 g/mol. The molecule has 4 rings (SSSR count). The molecule has 0 spiro atoms. The molecule has 0 aliphatic carbocycles. The molecule has 4 N–H and O–H groups in total. The molecule has 0 bridgehead atoms. The fourth-order valence-corrected chi connectivity index (χ4v) is 3.08. The SMILES string of the molecule is Nc1c(Nc2ccc(Cl)cn2)ncnc1NC(c1ccccc1)c1ccccc1. The van der Waals surface area contributed by atoms with E-state index in [0.29, 0.717) is 28.2 Å². The molecular formula is C22H19ClN6. The van der Waals surface area contributed by atoms with Crippen LogP contribution in [0, 0.1) is 0 Å². The molecule has 0 atom stereocenters. The lowest BCUT2D eigenvalue weighted by atomic mass is 9.99. The average Bonchev–Trinajstić information content (AvgIpc) is 2.77. The molecule has 7 heteroatoms. The Balaban J connectivity index is 1.65. The van der Waals surface area contributed by atoms with Crippen molar-refractivity contribution in [1.82, 2.24) is 15.0 Å². The quantitative estimate of drug-likeness (QED) is 0.418. The summed E-state index contributed by atoms with van der Waals surface area (Å²) in [6, 6.07) is 23.7. The maximum Gasteiger partial charge on any atom is 0.160 e. The number of hydrogen-bond donors (Lipinski definition) is 3. The van der Waals surface area contributed by atoms with Crippen molar-refractivity contribution in [2.24, 2.45) is 0 Å². The number of nitrogens with two attached hydrogens (primary N) is 1. The molecular weight excluding hydrogens is 384 g/mol. The number of anilines is 4. The number of rotatable bonds is 6. The van der Waals surface area contributed by atoms with Crippen molar-refractivity contribution < 1.29 is 0 Å². The summed E-state index contributed by atoms with van der Waals surface area (Å²) >= 11 is 5.89. The number of aromatic nitrogens is 3. The van der Waals surface area contributed by atoms with Gasteiger partial charge in [0, 0.05) is 6.20 Å². The lowest BCUT2D eigenvalue weighted by molar-refractivity contribution is 0.924. The largest absolute Gasteiger partial charge is 0.393 e. The zero-order chi connectivity index (χ0) is 20.1. The highest BCUT2D eigenvalue weighted by Gasteiger charge is 2.17. The van der Waals surface area contributed by atoms with Crippen molar-refractivity contribution in [3.8, 4) is 0 Å². The Labute approximate surface area is 173 Å². The minimum atomic E-state index is -0.115. The fraction of sp³-hybridized carbons (Fsp3) is 0.0455. The number of nitrogen functional groups attached to an aromatic ring is 1. The van der Waals surface area contributed by atoms with E-state index in [-0.39, 0.29) is 6.04 Å². The molecule has 2 heterocycles. The van der Waals surface area contributed by atoms with E-state index in [1.54, 1.807) is 18.3 Å². The normalized spacial score (nSPS) is 10.7. The van der Waals surface area contributed by atoms with E-state index < -0.39 is 0 Å². The van der Waals surface area contributed by atoms with Crippen molar-refractivity contribution >= 4 is 34.7 Å². The van der Waals surface area contributed by atoms with Gasteiger partial charge in [0.1, 0.15) is 17.8 Å². The van der Waals surface area contributed by atoms with Crippen LogP contribution in [0.15, 0.2) is 85.3 Å². The molecule has 2 aromatic carbocycles. The summed E-state index contributed by atoms with van der Waals surface area (Å²) in [5.41, 5.74) is 8.97. The van der Waals surface area contributed by atoms with Crippen molar-refractivity contribution in [1.29, 1.82) is 0 Å². The number of nitrogens with one attached hydrogen (secondary N) is 2. The molecule has 0 aliphatic rings.